The van der Waals surface area contributed by atoms with Gasteiger partial charge in [-0.05, 0) is 43.0 Å². The molecule has 4 aromatic rings. The second-order valence-electron chi connectivity index (χ2n) is 8.84. The van der Waals surface area contributed by atoms with E-state index in [-0.39, 0.29) is 11.9 Å². The highest BCUT2D eigenvalue weighted by atomic mass is 32.1. The van der Waals surface area contributed by atoms with Crippen LogP contribution in [0.2, 0.25) is 0 Å². The van der Waals surface area contributed by atoms with Crippen molar-refractivity contribution in [3.8, 4) is 10.6 Å². The normalized spacial score (nSPS) is 15.8. The summed E-state index contributed by atoms with van der Waals surface area (Å²) in [5, 5.41) is 10.0. The quantitative estimate of drug-likeness (QED) is 0.339. The number of anilines is 3. The maximum atomic E-state index is 13.1. The molecule has 9 heteroatoms. The van der Waals surface area contributed by atoms with E-state index in [0.29, 0.717) is 17.1 Å². The minimum absolute atomic E-state index is 0.125. The number of piperidine rings is 1. The number of hydrogen-bond donors (Lipinski definition) is 3. The highest BCUT2D eigenvalue weighted by Gasteiger charge is 2.21. The molecule has 1 aliphatic rings. The van der Waals surface area contributed by atoms with Gasteiger partial charge < -0.3 is 21.7 Å². The molecule has 0 unspecified atom stereocenters. The van der Waals surface area contributed by atoms with Crippen LogP contribution in [0.15, 0.2) is 66.3 Å². The molecular weight excluding hydrogens is 458 g/mol. The molecule has 3 heterocycles. The van der Waals surface area contributed by atoms with E-state index in [0.717, 1.165) is 55.2 Å². The number of benzene rings is 2. The number of carbonyl (C=O) groups excluding carboxylic acids is 1. The molecule has 5 N–H and O–H groups in total. The molecule has 0 aliphatic carbocycles. The molecule has 0 spiro atoms. The summed E-state index contributed by atoms with van der Waals surface area (Å²) in [7, 11) is 0. The van der Waals surface area contributed by atoms with Crippen LogP contribution >= 0.6 is 11.3 Å². The number of nitrogens with one attached hydrogen (secondary N) is 1. The van der Waals surface area contributed by atoms with Crippen molar-refractivity contribution < 1.29 is 4.79 Å². The van der Waals surface area contributed by atoms with Crippen LogP contribution in [-0.4, -0.2) is 39.8 Å². The summed E-state index contributed by atoms with van der Waals surface area (Å²) in [5.41, 5.74) is 16.9. The van der Waals surface area contributed by atoms with Crippen LogP contribution in [0.5, 0.6) is 0 Å². The number of nitrogens with two attached hydrogens (primary N) is 2. The summed E-state index contributed by atoms with van der Waals surface area (Å²) >= 11 is 1.43. The SMILES string of the molecule is Nc1ccc(N2CCC[C@@H](N)C2)c(NC(=O)c2csc(-c3cnn(CCc4ccccc4)c3)n2)c1. The number of thiazole rings is 1. The van der Waals surface area contributed by atoms with E-state index in [4.69, 9.17) is 11.5 Å². The summed E-state index contributed by atoms with van der Waals surface area (Å²) in [6.45, 7) is 2.43. The van der Waals surface area contributed by atoms with E-state index in [1.165, 1.54) is 16.9 Å². The Bertz CT molecular complexity index is 1300. The molecule has 1 atom stereocenters. The van der Waals surface area contributed by atoms with Crippen molar-refractivity contribution in [3.05, 3.63) is 77.6 Å². The molecule has 180 valence electrons. The van der Waals surface area contributed by atoms with E-state index in [1.54, 1.807) is 17.6 Å². The highest BCUT2D eigenvalue weighted by Crippen LogP contribution is 2.31. The second kappa shape index (κ2) is 10.3. The standard InChI is InChI=1S/C26H29N7OS/c27-20-8-9-24(32-11-4-7-21(28)16-32)22(13-20)30-25(34)23-17-35-26(31-23)19-14-29-33(15-19)12-10-18-5-2-1-3-6-18/h1-3,5-6,8-9,13-15,17,21H,4,7,10-12,16,27-28H2,(H,30,34)/t21-/m1/s1. The van der Waals surface area contributed by atoms with Crippen molar-refractivity contribution in [1.82, 2.24) is 14.8 Å². The van der Waals surface area contributed by atoms with Gasteiger partial charge in [-0.1, -0.05) is 30.3 Å². The van der Waals surface area contributed by atoms with Gasteiger partial charge in [0.2, 0.25) is 0 Å². The topological polar surface area (TPSA) is 115 Å². The van der Waals surface area contributed by atoms with Gasteiger partial charge in [-0.3, -0.25) is 9.48 Å². The third-order valence-corrected chi connectivity index (χ3v) is 7.05. The van der Waals surface area contributed by atoms with Crippen molar-refractivity contribution >= 4 is 34.3 Å². The maximum Gasteiger partial charge on any atom is 0.275 e. The molecule has 0 saturated carbocycles. The lowest BCUT2D eigenvalue weighted by Crippen LogP contribution is -2.43. The van der Waals surface area contributed by atoms with Gasteiger partial charge in [-0.15, -0.1) is 11.3 Å². The Morgan fingerprint density at radius 3 is 2.89 bits per heavy atom. The van der Waals surface area contributed by atoms with Crippen molar-refractivity contribution in [2.75, 3.05) is 29.0 Å². The van der Waals surface area contributed by atoms with Crippen LogP contribution in [0.3, 0.4) is 0 Å². The molecule has 1 amide bonds. The Balaban J connectivity index is 1.27. The fourth-order valence-corrected chi connectivity index (χ4v) is 5.12. The van der Waals surface area contributed by atoms with E-state index < -0.39 is 0 Å². The molecule has 1 aliphatic heterocycles. The van der Waals surface area contributed by atoms with Crippen LogP contribution in [0.1, 0.15) is 28.9 Å². The lowest BCUT2D eigenvalue weighted by Gasteiger charge is -2.34. The van der Waals surface area contributed by atoms with Crippen molar-refractivity contribution in [3.63, 3.8) is 0 Å². The van der Waals surface area contributed by atoms with Gasteiger partial charge in [0.25, 0.3) is 5.91 Å². The Morgan fingerprint density at radius 1 is 1.20 bits per heavy atom. The minimum Gasteiger partial charge on any atom is -0.399 e. The smallest absolute Gasteiger partial charge is 0.275 e. The average Bonchev–Trinajstić information content (AvgIpc) is 3.54. The number of aryl methyl sites for hydroxylation is 2. The molecule has 0 bridgehead atoms. The van der Waals surface area contributed by atoms with Crippen molar-refractivity contribution in [2.45, 2.75) is 31.8 Å². The first-order valence-corrected chi connectivity index (χ1v) is 12.7. The van der Waals surface area contributed by atoms with E-state index in [2.05, 4.69) is 32.4 Å². The first kappa shape index (κ1) is 23.1. The van der Waals surface area contributed by atoms with Gasteiger partial charge in [0.05, 0.1) is 17.6 Å². The molecule has 35 heavy (non-hydrogen) atoms. The molecule has 1 saturated heterocycles. The fourth-order valence-electron chi connectivity index (χ4n) is 4.34. The zero-order chi connectivity index (χ0) is 24.2. The number of carbonyl (C=O) groups is 1. The third-order valence-electron chi connectivity index (χ3n) is 6.16. The van der Waals surface area contributed by atoms with Gasteiger partial charge in [0.1, 0.15) is 10.7 Å². The largest absolute Gasteiger partial charge is 0.399 e. The number of rotatable bonds is 7. The highest BCUT2D eigenvalue weighted by molar-refractivity contribution is 7.13. The first-order valence-electron chi connectivity index (χ1n) is 11.8. The molecule has 5 rings (SSSR count). The van der Waals surface area contributed by atoms with Gasteiger partial charge in [-0.2, -0.15) is 5.10 Å². The minimum atomic E-state index is -0.267. The number of amides is 1. The van der Waals surface area contributed by atoms with Gasteiger partial charge in [0.15, 0.2) is 0 Å². The number of nitrogen functional groups attached to an aromatic ring is 1. The summed E-state index contributed by atoms with van der Waals surface area (Å²) in [6, 6.07) is 16.0. The Hall–Kier alpha value is -3.69. The summed E-state index contributed by atoms with van der Waals surface area (Å²) in [6.07, 6.45) is 6.70. The van der Waals surface area contributed by atoms with Crippen molar-refractivity contribution in [2.24, 2.45) is 5.73 Å². The molecule has 2 aromatic heterocycles. The van der Waals surface area contributed by atoms with Gasteiger partial charge in [-0.25, -0.2) is 4.98 Å². The molecule has 0 radical (unpaired) electrons. The zero-order valence-electron chi connectivity index (χ0n) is 19.4. The monoisotopic (exact) mass is 487 g/mol. The van der Waals surface area contributed by atoms with Crippen LogP contribution in [-0.2, 0) is 13.0 Å². The van der Waals surface area contributed by atoms with Crippen LogP contribution < -0.4 is 21.7 Å². The molecular formula is C26H29N7OS. The van der Waals surface area contributed by atoms with E-state index in [1.807, 2.05) is 41.2 Å². The van der Waals surface area contributed by atoms with Crippen LogP contribution in [0.4, 0.5) is 17.1 Å². The Kier molecular flexibility index (Phi) is 6.78. The molecule has 2 aromatic carbocycles. The average molecular weight is 488 g/mol. The molecule has 1 fully saturated rings. The predicted octanol–water partition coefficient (Wildman–Crippen LogP) is 4.01. The number of hydrogen-bond acceptors (Lipinski definition) is 7. The number of nitrogens with zero attached hydrogens (tertiary/aromatic N) is 4. The Morgan fingerprint density at radius 2 is 2.06 bits per heavy atom. The fraction of sp³-hybridized carbons (Fsp3) is 0.269. The van der Waals surface area contributed by atoms with Gasteiger partial charge >= 0.3 is 0 Å². The summed E-state index contributed by atoms with van der Waals surface area (Å²) < 4.78 is 1.91. The van der Waals surface area contributed by atoms with Crippen LogP contribution in [0, 0.1) is 0 Å². The Labute approximate surface area is 208 Å². The summed E-state index contributed by atoms with van der Waals surface area (Å²) in [5.74, 6) is -0.267. The lowest BCUT2D eigenvalue weighted by atomic mass is 10.1. The molecule has 8 nitrogen and oxygen atoms in total. The third kappa shape index (κ3) is 5.52. The predicted molar refractivity (Wildman–Crippen MR) is 142 cm³/mol. The lowest BCUT2D eigenvalue weighted by molar-refractivity contribution is 0.102. The zero-order valence-corrected chi connectivity index (χ0v) is 20.2. The summed E-state index contributed by atoms with van der Waals surface area (Å²) in [4.78, 5) is 19.8. The van der Waals surface area contributed by atoms with E-state index >= 15 is 0 Å². The second-order valence-corrected chi connectivity index (χ2v) is 9.70. The van der Waals surface area contributed by atoms with Crippen LogP contribution in [0.25, 0.3) is 10.6 Å². The first-order chi connectivity index (χ1) is 17.0. The van der Waals surface area contributed by atoms with E-state index in [9.17, 15) is 4.79 Å². The van der Waals surface area contributed by atoms with Crippen molar-refractivity contribution in [1.29, 1.82) is 0 Å². The maximum absolute atomic E-state index is 13.1. The van der Waals surface area contributed by atoms with Gasteiger partial charge in [0, 0.05) is 48.5 Å². The number of aromatic nitrogens is 3.